The van der Waals surface area contributed by atoms with Gasteiger partial charge in [-0.1, -0.05) is 25.0 Å². The zero-order valence-corrected chi connectivity index (χ0v) is 20.5. The molecule has 2 heterocycles. The number of ether oxygens (including phenoxy) is 1. The van der Waals surface area contributed by atoms with E-state index in [2.05, 4.69) is 4.90 Å². The molecule has 0 N–H and O–H groups in total. The van der Waals surface area contributed by atoms with Crippen molar-refractivity contribution < 1.29 is 19.2 Å². The molecule has 3 atom stereocenters. The van der Waals surface area contributed by atoms with Crippen LogP contribution in [0.1, 0.15) is 42.5 Å². The first-order chi connectivity index (χ1) is 17.5. The second kappa shape index (κ2) is 10.2. The van der Waals surface area contributed by atoms with Crippen molar-refractivity contribution in [2.75, 3.05) is 38.2 Å². The van der Waals surface area contributed by atoms with Gasteiger partial charge < -0.3 is 19.4 Å². The molecule has 9 nitrogen and oxygen atoms in total. The molecular formula is C27H32N4O5. The maximum absolute atomic E-state index is 13.8. The Kier molecular flexibility index (Phi) is 6.80. The summed E-state index contributed by atoms with van der Waals surface area (Å²) in [6, 6.07) is 13.4. The summed E-state index contributed by atoms with van der Waals surface area (Å²) in [6.07, 6.45) is 4.92. The molecule has 1 aliphatic carbocycles. The van der Waals surface area contributed by atoms with Crippen molar-refractivity contribution in [2.45, 2.75) is 44.2 Å². The summed E-state index contributed by atoms with van der Waals surface area (Å²) < 4.78 is 5.46. The highest BCUT2D eigenvalue weighted by molar-refractivity contribution is 6.00. The van der Waals surface area contributed by atoms with Crippen LogP contribution in [0, 0.1) is 16.0 Å². The van der Waals surface area contributed by atoms with Gasteiger partial charge in [0.2, 0.25) is 5.91 Å². The number of likely N-dealkylation sites (tertiary alicyclic amines) is 1. The molecule has 2 amide bonds. The van der Waals surface area contributed by atoms with E-state index >= 15 is 0 Å². The lowest BCUT2D eigenvalue weighted by molar-refractivity contribution is -0.384. The van der Waals surface area contributed by atoms with Crippen LogP contribution in [-0.2, 0) is 4.79 Å². The number of rotatable bonds is 5. The third-order valence-electron chi connectivity index (χ3n) is 7.96. The minimum Gasteiger partial charge on any atom is -0.496 e. The number of hydrogen-bond donors (Lipinski definition) is 0. The molecule has 2 saturated heterocycles. The number of anilines is 1. The Balaban J connectivity index is 1.31. The molecule has 5 rings (SSSR count). The van der Waals surface area contributed by atoms with Crippen LogP contribution in [0.4, 0.5) is 11.4 Å². The Bertz CT molecular complexity index is 1130. The van der Waals surface area contributed by atoms with Crippen LogP contribution in [0.3, 0.4) is 0 Å². The number of methoxy groups -OCH3 is 1. The number of carbonyl (C=O) groups excluding carboxylic acids is 2. The molecule has 3 aliphatic rings. The third kappa shape index (κ3) is 4.50. The van der Waals surface area contributed by atoms with Gasteiger partial charge in [-0.15, -0.1) is 0 Å². The number of amides is 2. The van der Waals surface area contributed by atoms with E-state index in [9.17, 15) is 19.7 Å². The summed E-state index contributed by atoms with van der Waals surface area (Å²) in [7, 11) is 1.56. The van der Waals surface area contributed by atoms with Gasteiger partial charge in [-0.3, -0.25) is 19.7 Å². The monoisotopic (exact) mass is 492 g/mol. The van der Waals surface area contributed by atoms with E-state index < -0.39 is 11.0 Å². The number of non-ortho nitro benzene ring substituents is 1. The molecule has 2 aromatic carbocycles. The van der Waals surface area contributed by atoms with Crippen LogP contribution in [0.2, 0.25) is 0 Å². The topological polar surface area (TPSA) is 96.2 Å². The molecular weight excluding hydrogens is 460 g/mol. The van der Waals surface area contributed by atoms with E-state index in [-0.39, 0.29) is 23.5 Å². The summed E-state index contributed by atoms with van der Waals surface area (Å²) in [5.41, 5.74) is 1.48. The van der Waals surface area contributed by atoms with Gasteiger partial charge in [-0.25, -0.2) is 0 Å². The van der Waals surface area contributed by atoms with Crippen LogP contribution in [0.5, 0.6) is 5.75 Å². The Hall–Kier alpha value is -3.62. The first kappa shape index (κ1) is 24.1. The molecule has 0 bridgehead atoms. The Morgan fingerprint density at radius 2 is 1.67 bits per heavy atom. The summed E-state index contributed by atoms with van der Waals surface area (Å²) in [6.45, 7) is 2.39. The number of benzene rings is 2. The SMILES string of the molecule is COc1ccccc1C(=O)N1C(C(=O)N2CCN(c3ccc([N+](=O)[O-])cc3)CC2)CC2CCCCC21. The second-order valence-corrected chi connectivity index (χ2v) is 9.86. The minimum atomic E-state index is -0.457. The van der Waals surface area contributed by atoms with E-state index in [0.717, 1.165) is 31.4 Å². The van der Waals surface area contributed by atoms with Gasteiger partial charge in [0.1, 0.15) is 11.8 Å². The lowest BCUT2D eigenvalue weighted by Gasteiger charge is -2.39. The number of fused-ring (bicyclic) bond motifs is 1. The first-order valence-corrected chi connectivity index (χ1v) is 12.7. The molecule has 2 aliphatic heterocycles. The van der Waals surface area contributed by atoms with E-state index in [4.69, 9.17) is 4.74 Å². The normalized spacial score (nSPS) is 23.8. The number of nitrogens with zero attached hydrogens (tertiary/aromatic N) is 4. The van der Waals surface area contributed by atoms with Crippen molar-refractivity contribution in [2.24, 2.45) is 5.92 Å². The fourth-order valence-electron chi connectivity index (χ4n) is 6.11. The van der Waals surface area contributed by atoms with E-state index in [0.29, 0.717) is 49.8 Å². The zero-order chi connectivity index (χ0) is 25.2. The highest BCUT2D eigenvalue weighted by Gasteiger charge is 2.49. The van der Waals surface area contributed by atoms with Gasteiger partial charge in [0, 0.05) is 50.0 Å². The molecule has 3 fully saturated rings. The van der Waals surface area contributed by atoms with E-state index in [1.54, 1.807) is 31.4 Å². The average molecular weight is 493 g/mol. The van der Waals surface area contributed by atoms with Gasteiger partial charge in [0.15, 0.2) is 0 Å². The standard InChI is InChI=1S/C27H32N4O5/c1-36-25-9-5-3-7-22(25)26(32)30-23-8-4-2-6-19(23)18-24(30)27(33)29-16-14-28(15-17-29)20-10-12-21(13-11-20)31(34)35/h3,5,7,9-13,19,23-24H,2,4,6,8,14-18H2,1H3. The van der Waals surface area contributed by atoms with Crippen molar-refractivity contribution in [3.8, 4) is 5.75 Å². The summed E-state index contributed by atoms with van der Waals surface area (Å²) >= 11 is 0. The fraction of sp³-hybridized carbons (Fsp3) is 0.481. The van der Waals surface area contributed by atoms with Crippen LogP contribution >= 0.6 is 0 Å². The number of piperazine rings is 1. The van der Waals surface area contributed by atoms with Crippen molar-refractivity contribution in [1.82, 2.24) is 9.80 Å². The third-order valence-corrected chi connectivity index (χ3v) is 7.96. The van der Waals surface area contributed by atoms with Gasteiger partial charge >= 0.3 is 0 Å². The highest BCUT2D eigenvalue weighted by atomic mass is 16.6. The van der Waals surface area contributed by atoms with Crippen molar-refractivity contribution in [3.05, 3.63) is 64.2 Å². The van der Waals surface area contributed by atoms with Crippen LogP contribution < -0.4 is 9.64 Å². The smallest absolute Gasteiger partial charge is 0.269 e. The molecule has 0 spiro atoms. The second-order valence-electron chi connectivity index (χ2n) is 9.86. The fourth-order valence-corrected chi connectivity index (χ4v) is 6.11. The van der Waals surface area contributed by atoms with Gasteiger partial charge in [-0.2, -0.15) is 0 Å². The molecule has 3 unspecified atom stereocenters. The molecule has 190 valence electrons. The maximum Gasteiger partial charge on any atom is 0.269 e. The molecule has 1 saturated carbocycles. The van der Waals surface area contributed by atoms with Gasteiger partial charge in [0.25, 0.3) is 11.6 Å². The Morgan fingerprint density at radius 3 is 2.36 bits per heavy atom. The van der Waals surface area contributed by atoms with Crippen LogP contribution in [0.15, 0.2) is 48.5 Å². The number of para-hydroxylation sites is 1. The predicted molar refractivity (Wildman–Crippen MR) is 135 cm³/mol. The minimum absolute atomic E-state index is 0.0241. The number of nitro groups is 1. The maximum atomic E-state index is 13.8. The van der Waals surface area contributed by atoms with Gasteiger partial charge in [-0.05, 0) is 49.4 Å². The zero-order valence-electron chi connectivity index (χ0n) is 20.5. The van der Waals surface area contributed by atoms with E-state index in [1.165, 1.54) is 12.1 Å². The van der Waals surface area contributed by atoms with Crippen molar-refractivity contribution in [1.29, 1.82) is 0 Å². The number of nitro benzene ring substituents is 1. The highest BCUT2D eigenvalue weighted by Crippen LogP contribution is 2.42. The van der Waals surface area contributed by atoms with Crippen LogP contribution in [-0.4, -0.2) is 71.9 Å². The average Bonchev–Trinajstić information content (AvgIpc) is 3.32. The number of carbonyl (C=O) groups is 2. The molecule has 0 aromatic heterocycles. The van der Waals surface area contributed by atoms with Crippen molar-refractivity contribution in [3.63, 3.8) is 0 Å². The lowest BCUT2D eigenvalue weighted by atomic mass is 9.84. The quantitative estimate of drug-likeness (QED) is 0.466. The largest absolute Gasteiger partial charge is 0.496 e. The molecule has 9 heteroatoms. The van der Waals surface area contributed by atoms with Gasteiger partial charge in [0.05, 0.1) is 17.6 Å². The predicted octanol–water partition coefficient (Wildman–Crippen LogP) is 3.73. The summed E-state index contributed by atoms with van der Waals surface area (Å²) in [5, 5.41) is 10.9. The summed E-state index contributed by atoms with van der Waals surface area (Å²) in [4.78, 5) is 44.0. The molecule has 36 heavy (non-hydrogen) atoms. The first-order valence-electron chi connectivity index (χ1n) is 12.7. The van der Waals surface area contributed by atoms with E-state index in [1.807, 2.05) is 21.9 Å². The lowest BCUT2D eigenvalue weighted by Crippen LogP contribution is -2.55. The number of hydrogen-bond acceptors (Lipinski definition) is 6. The van der Waals surface area contributed by atoms with Crippen molar-refractivity contribution >= 4 is 23.2 Å². The molecule has 0 radical (unpaired) electrons. The molecule has 2 aromatic rings. The Morgan fingerprint density at radius 1 is 0.972 bits per heavy atom. The summed E-state index contributed by atoms with van der Waals surface area (Å²) in [5.74, 6) is 0.790. The van der Waals surface area contributed by atoms with Crippen LogP contribution in [0.25, 0.3) is 0 Å². The Labute approximate surface area is 210 Å².